The quantitative estimate of drug-likeness (QED) is 0.557. The molecule has 1 aliphatic heterocycles. The standard InChI is InChI=1S/C20H16F5N5O3/c1-9-27-14(12-6-26-19(32)29-18(12)31)5-16(28-9)30-7-15(20(24,25)8-30)33-10-2-3-13(21)11(4-10)17(22)23/h2-6,15,17H,7-8H2,1H3,(H2,26,29,31,32). The topological polar surface area (TPSA) is 104 Å². The monoisotopic (exact) mass is 469 g/mol. The van der Waals surface area contributed by atoms with Gasteiger partial charge in [0.2, 0.25) is 0 Å². The van der Waals surface area contributed by atoms with Crippen LogP contribution in [0.1, 0.15) is 17.8 Å². The molecule has 1 saturated heterocycles. The number of halogens is 5. The predicted molar refractivity (Wildman–Crippen MR) is 106 cm³/mol. The molecule has 0 saturated carbocycles. The Kier molecular flexibility index (Phi) is 5.64. The molecule has 0 radical (unpaired) electrons. The highest BCUT2D eigenvalue weighted by atomic mass is 19.3. The molecule has 174 valence electrons. The molecule has 13 heteroatoms. The van der Waals surface area contributed by atoms with E-state index >= 15 is 0 Å². The highest BCUT2D eigenvalue weighted by Gasteiger charge is 2.50. The average molecular weight is 469 g/mol. The third-order valence-electron chi connectivity index (χ3n) is 4.98. The summed E-state index contributed by atoms with van der Waals surface area (Å²) in [5.41, 5.74) is -2.28. The maximum atomic E-state index is 14.7. The lowest BCUT2D eigenvalue weighted by Gasteiger charge is -2.19. The first kappa shape index (κ1) is 22.4. The number of nitrogens with zero attached hydrogens (tertiary/aromatic N) is 3. The Balaban J connectivity index is 1.62. The largest absolute Gasteiger partial charge is 0.482 e. The van der Waals surface area contributed by atoms with Crippen LogP contribution in [0, 0.1) is 12.7 Å². The molecule has 1 aromatic carbocycles. The first-order valence-electron chi connectivity index (χ1n) is 9.58. The van der Waals surface area contributed by atoms with Gasteiger partial charge < -0.3 is 14.6 Å². The molecule has 0 spiro atoms. The van der Waals surface area contributed by atoms with E-state index in [-0.39, 0.29) is 35.2 Å². The van der Waals surface area contributed by atoms with Crippen molar-refractivity contribution in [3.8, 4) is 17.0 Å². The van der Waals surface area contributed by atoms with Gasteiger partial charge in [-0.3, -0.25) is 9.78 Å². The summed E-state index contributed by atoms with van der Waals surface area (Å²) >= 11 is 0. The smallest absolute Gasteiger partial charge is 0.325 e. The second kappa shape index (κ2) is 8.30. The molecule has 4 rings (SSSR count). The highest BCUT2D eigenvalue weighted by molar-refractivity contribution is 5.61. The number of aromatic amines is 2. The van der Waals surface area contributed by atoms with Crippen LogP contribution in [0.3, 0.4) is 0 Å². The molecule has 1 atom stereocenters. The lowest BCUT2D eigenvalue weighted by Crippen LogP contribution is -2.36. The van der Waals surface area contributed by atoms with Crippen LogP contribution in [0.4, 0.5) is 27.8 Å². The Bertz CT molecular complexity index is 1310. The van der Waals surface area contributed by atoms with Crippen molar-refractivity contribution in [3.63, 3.8) is 0 Å². The van der Waals surface area contributed by atoms with Gasteiger partial charge in [0, 0.05) is 12.3 Å². The fourth-order valence-electron chi connectivity index (χ4n) is 3.43. The van der Waals surface area contributed by atoms with Crippen molar-refractivity contribution in [3.05, 3.63) is 68.5 Å². The van der Waals surface area contributed by atoms with E-state index in [2.05, 4.69) is 15.0 Å². The second-order valence-corrected chi connectivity index (χ2v) is 7.38. The van der Waals surface area contributed by atoms with E-state index in [1.807, 2.05) is 4.98 Å². The second-order valence-electron chi connectivity index (χ2n) is 7.38. The maximum Gasteiger partial charge on any atom is 0.325 e. The van der Waals surface area contributed by atoms with E-state index in [1.54, 1.807) is 0 Å². The summed E-state index contributed by atoms with van der Waals surface area (Å²) in [6, 6.07) is 3.72. The van der Waals surface area contributed by atoms with E-state index in [0.29, 0.717) is 6.07 Å². The molecule has 1 unspecified atom stereocenters. The third-order valence-corrected chi connectivity index (χ3v) is 4.98. The van der Waals surface area contributed by atoms with Crippen LogP contribution < -0.4 is 20.9 Å². The van der Waals surface area contributed by atoms with Gasteiger partial charge in [0.25, 0.3) is 12.0 Å². The van der Waals surface area contributed by atoms with Gasteiger partial charge in [-0.25, -0.2) is 36.7 Å². The van der Waals surface area contributed by atoms with E-state index in [4.69, 9.17) is 4.74 Å². The molecule has 3 heterocycles. The van der Waals surface area contributed by atoms with Crippen molar-refractivity contribution in [1.82, 2.24) is 19.9 Å². The Labute approximate surface area is 182 Å². The van der Waals surface area contributed by atoms with Crippen LogP contribution >= 0.6 is 0 Å². The van der Waals surface area contributed by atoms with Gasteiger partial charge in [-0.1, -0.05) is 0 Å². The van der Waals surface area contributed by atoms with Crippen LogP contribution in [0.2, 0.25) is 0 Å². The van der Waals surface area contributed by atoms with Gasteiger partial charge in [-0.15, -0.1) is 0 Å². The Morgan fingerprint density at radius 3 is 2.67 bits per heavy atom. The molecule has 0 bridgehead atoms. The number of hydrogen-bond donors (Lipinski definition) is 2. The summed E-state index contributed by atoms with van der Waals surface area (Å²) in [5.74, 6) is -4.63. The minimum Gasteiger partial charge on any atom is -0.482 e. The molecule has 1 aliphatic rings. The van der Waals surface area contributed by atoms with Crippen molar-refractivity contribution in [2.75, 3.05) is 18.0 Å². The average Bonchev–Trinajstić information content (AvgIpc) is 3.03. The molecule has 8 nitrogen and oxygen atoms in total. The summed E-state index contributed by atoms with van der Waals surface area (Å²) in [6.07, 6.45) is -3.72. The minimum absolute atomic E-state index is 0.00551. The summed E-state index contributed by atoms with van der Waals surface area (Å²) in [6.45, 7) is 0.324. The van der Waals surface area contributed by atoms with Crippen molar-refractivity contribution in [2.24, 2.45) is 0 Å². The van der Waals surface area contributed by atoms with Crippen LogP contribution in [-0.2, 0) is 0 Å². The lowest BCUT2D eigenvalue weighted by molar-refractivity contribution is -0.0595. The van der Waals surface area contributed by atoms with Crippen LogP contribution in [-0.4, -0.2) is 45.1 Å². The normalized spacial score (nSPS) is 17.5. The maximum absolute atomic E-state index is 14.7. The summed E-state index contributed by atoms with van der Waals surface area (Å²) < 4.78 is 73.9. The number of aromatic nitrogens is 4. The number of benzene rings is 1. The van der Waals surface area contributed by atoms with E-state index < -0.39 is 47.6 Å². The Morgan fingerprint density at radius 2 is 1.97 bits per heavy atom. The highest BCUT2D eigenvalue weighted by Crippen LogP contribution is 2.35. The minimum atomic E-state index is -3.39. The van der Waals surface area contributed by atoms with Crippen molar-refractivity contribution >= 4 is 5.82 Å². The molecule has 2 N–H and O–H groups in total. The number of anilines is 1. The van der Waals surface area contributed by atoms with Gasteiger partial charge >= 0.3 is 11.6 Å². The Hall–Kier alpha value is -3.77. The van der Waals surface area contributed by atoms with E-state index in [9.17, 15) is 31.5 Å². The van der Waals surface area contributed by atoms with Gasteiger partial charge in [0.15, 0.2) is 6.10 Å². The fourth-order valence-corrected chi connectivity index (χ4v) is 3.43. The zero-order chi connectivity index (χ0) is 23.9. The number of ether oxygens (including phenoxy) is 1. The number of aryl methyl sites for hydroxylation is 1. The molecule has 0 amide bonds. The van der Waals surface area contributed by atoms with Crippen LogP contribution in [0.25, 0.3) is 11.3 Å². The SMILES string of the molecule is Cc1nc(-c2c[nH]c(=O)[nH]c2=O)cc(N2CC(Oc3ccc(F)c(C(F)F)c3)C(F)(F)C2)n1. The summed E-state index contributed by atoms with van der Waals surface area (Å²) in [4.78, 5) is 37.1. The molecule has 2 aromatic heterocycles. The lowest BCUT2D eigenvalue weighted by atomic mass is 10.2. The summed E-state index contributed by atoms with van der Waals surface area (Å²) in [7, 11) is 0. The zero-order valence-corrected chi connectivity index (χ0v) is 16.9. The van der Waals surface area contributed by atoms with E-state index in [0.717, 1.165) is 18.3 Å². The van der Waals surface area contributed by atoms with Crippen LogP contribution in [0.15, 0.2) is 40.1 Å². The molecule has 3 aromatic rings. The van der Waals surface area contributed by atoms with Gasteiger partial charge in [0.1, 0.15) is 23.2 Å². The van der Waals surface area contributed by atoms with Crippen molar-refractivity contribution in [2.45, 2.75) is 25.4 Å². The molecular weight excluding hydrogens is 453 g/mol. The summed E-state index contributed by atoms with van der Waals surface area (Å²) in [5, 5.41) is 0. The number of nitrogens with one attached hydrogen (secondary N) is 2. The first-order chi connectivity index (χ1) is 15.5. The fraction of sp³-hybridized carbons (Fsp3) is 0.300. The van der Waals surface area contributed by atoms with Crippen molar-refractivity contribution < 1.29 is 26.7 Å². The van der Waals surface area contributed by atoms with Gasteiger partial charge in [0.05, 0.1) is 29.9 Å². The molecule has 33 heavy (non-hydrogen) atoms. The Morgan fingerprint density at radius 1 is 1.21 bits per heavy atom. The number of rotatable bonds is 5. The van der Waals surface area contributed by atoms with E-state index in [1.165, 1.54) is 17.9 Å². The first-order valence-corrected chi connectivity index (χ1v) is 9.58. The van der Waals surface area contributed by atoms with Crippen molar-refractivity contribution in [1.29, 1.82) is 0 Å². The van der Waals surface area contributed by atoms with Gasteiger partial charge in [-0.2, -0.15) is 0 Å². The third kappa shape index (κ3) is 4.56. The van der Waals surface area contributed by atoms with Crippen LogP contribution in [0.5, 0.6) is 5.75 Å². The predicted octanol–water partition coefficient (Wildman–Crippen LogP) is 2.81. The molecule has 1 fully saturated rings. The number of hydrogen-bond acceptors (Lipinski definition) is 6. The molecular formula is C20H16F5N5O3. The van der Waals surface area contributed by atoms with Gasteiger partial charge in [-0.05, 0) is 25.1 Å². The number of alkyl halides is 4. The number of H-pyrrole nitrogens is 2. The zero-order valence-electron chi connectivity index (χ0n) is 16.9. The molecule has 0 aliphatic carbocycles.